The van der Waals surface area contributed by atoms with Gasteiger partial charge in [-0.25, -0.2) is 9.68 Å². The highest BCUT2D eigenvalue weighted by Gasteiger charge is 2.28. The van der Waals surface area contributed by atoms with E-state index in [9.17, 15) is 14.9 Å². The Morgan fingerprint density at radius 3 is 2.88 bits per heavy atom. The van der Waals surface area contributed by atoms with E-state index in [0.29, 0.717) is 11.9 Å². The molecule has 0 aliphatic carbocycles. The zero-order chi connectivity index (χ0) is 18.0. The summed E-state index contributed by atoms with van der Waals surface area (Å²) in [5.74, 6) is 0.149. The number of aromatic nitrogens is 1. The molecule has 1 atom stereocenters. The molecular formula is C16H18N4O5. The second-order valence-electron chi connectivity index (χ2n) is 5.98. The molecular weight excluding hydrogens is 328 g/mol. The van der Waals surface area contributed by atoms with Gasteiger partial charge in [0.1, 0.15) is 5.52 Å². The SMILES string of the molecule is CC1CN(C)CCN1C(=O)OOc1ccc([N+](=O)[O-])c2cccnc12. The zero-order valence-corrected chi connectivity index (χ0v) is 13.9. The number of carbonyl (C=O) groups excluding carboxylic acids is 1. The fourth-order valence-corrected chi connectivity index (χ4v) is 2.90. The molecule has 2 aromatic rings. The van der Waals surface area contributed by atoms with Crippen molar-refractivity contribution >= 4 is 22.7 Å². The van der Waals surface area contributed by atoms with Crippen molar-refractivity contribution in [3.05, 3.63) is 40.6 Å². The number of nitro benzene ring substituents is 1. The van der Waals surface area contributed by atoms with Gasteiger partial charge in [-0.1, -0.05) is 0 Å². The fraction of sp³-hybridized carbons (Fsp3) is 0.375. The van der Waals surface area contributed by atoms with E-state index in [4.69, 9.17) is 9.78 Å². The van der Waals surface area contributed by atoms with E-state index in [2.05, 4.69) is 9.88 Å². The van der Waals surface area contributed by atoms with Gasteiger partial charge >= 0.3 is 6.09 Å². The number of benzene rings is 1. The molecule has 3 rings (SSSR count). The van der Waals surface area contributed by atoms with Gasteiger partial charge in [0.2, 0.25) is 5.75 Å². The molecule has 1 aromatic carbocycles. The first kappa shape index (κ1) is 16.9. The van der Waals surface area contributed by atoms with Crippen molar-refractivity contribution in [3.63, 3.8) is 0 Å². The molecule has 2 heterocycles. The highest BCUT2D eigenvalue weighted by Crippen LogP contribution is 2.31. The predicted octanol–water partition coefficient (Wildman–Crippen LogP) is 2.21. The second-order valence-corrected chi connectivity index (χ2v) is 5.98. The van der Waals surface area contributed by atoms with Crippen molar-refractivity contribution in [2.45, 2.75) is 13.0 Å². The fourth-order valence-electron chi connectivity index (χ4n) is 2.90. The highest BCUT2D eigenvalue weighted by atomic mass is 17.2. The van der Waals surface area contributed by atoms with Crippen LogP contribution in [0.5, 0.6) is 5.75 Å². The first-order valence-corrected chi connectivity index (χ1v) is 7.83. The van der Waals surface area contributed by atoms with Gasteiger partial charge < -0.3 is 4.90 Å². The van der Waals surface area contributed by atoms with Crippen LogP contribution in [0.3, 0.4) is 0 Å². The lowest BCUT2D eigenvalue weighted by Gasteiger charge is -2.36. The number of non-ortho nitro benzene ring substituents is 1. The molecule has 1 aliphatic rings. The molecule has 1 aliphatic heterocycles. The van der Waals surface area contributed by atoms with Gasteiger partial charge in [-0.2, -0.15) is 0 Å². The summed E-state index contributed by atoms with van der Waals surface area (Å²) in [5, 5.41) is 11.4. The third-order valence-electron chi connectivity index (χ3n) is 4.17. The lowest BCUT2D eigenvalue weighted by molar-refractivity contribution is -0.383. The Bertz CT molecular complexity index is 812. The van der Waals surface area contributed by atoms with Crippen LogP contribution < -0.4 is 4.89 Å². The maximum absolute atomic E-state index is 12.2. The summed E-state index contributed by atoms with van der Waals surface area (Å²) >= 11 is 0. The quantitative estimate of drug-likeness (QED) is 0.477. The van der Waals surface area contributed by atoms with Crippen molar-refractivity contribution in [1.82, 2.24) is 14.8 Å². The number of piperazine rings is 1. The summed E-state index contributed by atoms with van der Waals surface area (Å²) in [6, 6.07) is 5.83. The summed E-state index contributed by atoms with van der Waals surface area (Å²) in [7, 11) is 1.99. The van der Waals surface area contributed by atoms with Crippen LogP contribution in [0.1, 0.15) is 6.92 Å². The third-order valence-corrected chi connectivity index (χ3v) is 4.17. The molecule has 25 heavy (non-hydrogen) atoms. The molecule has 1 amide bonds. The number of hydrogen-bond donors (Lipinski definition) is 0. The van der Waals surface area contributed by atoms with E-state index in [0.717, 1.165) is 13.1 Å². The number of nitro groups is 1. The molecule has 132 valence electrons. The Morgan fingerprint density at radius 1 is 1.36 bits per heavy atom. The summed E-state index contributed by atoms with van der Waals surface area (Å²) in [5.41, 5.74) is 0.172. The largest absolute Gasteiger partial charge is 0.453 e. The standard InChI is InChI=1S/C16H18N4O5/c1-11-10-18(2)8-9-19(11)16(21)25-24-14-6-5-13(20(22)23)12-4-3-7-17-15(12)14/h3-7,11H,8-10H2,1-2H3. The second kappa shape index (κ2) is 6.89. The van der Waals surface area contributed by atoms with Crippen molar-refractivity contribution in [2.75, 3.05) is 26.7 Å². The third kappa shape index (κ3) is 3.45. The van der Waals surface area contributed by atoms with Crippen LogP contribution in [-0.2, 0) is 4.89 Å². The van der Waals surface area contributed by atoms with Gasteiger partial charge in [-0.05, 0) is 32.2 Å². The minimum Gasteiger partial charge on any atom is -0.303 e. The van der Waals surface area contributed by atoms with E-state index in [1.807, 2.05) is 14.0 Å². The number of carbonyl (C=O) groups is 1. The zero-order valence-electron chi connectivity index (χ0n) is 13.9. The molecule has 1 aromatic heterocycles. The molecule has 9 nitrogen and oxygen atoms in total. The highest BCUT2D eigenvalue weighted by molar-refractivity contribution is 5.92. The molecule has 1 fully saturated rings. The van der Waals surface area contributed by atoms with Crippen molar-refractivity contribution < 1.29 is 19.5 Å². The Kier molecular flexibility index (Phi) is 4.66. The Morgan fingerprint density at radius 2 is 2.16 bits per heavy atom. The first-order chi connectivity index (χ1) is 12.0. The lowest BCUT2D eigenvalue weighted by Crippen LogP contribution is -2.53. The lowest BCUT2D eigenvalue weighted by atomic mass is 10.2. The van der Waals surface area contributed by atoms with Gasteiger partial charge in [0.15, 0.2) is 0 Å². The summed E-state index contributed by atoms with van der Waals surface area (Å²) in [6.07, 6.45) is 0.895. The van der Waals surface area contributed by atoms with E-state index in [1.54, 1.807) is 17.0 Å². The summed E-state index contributed by atoms with van der Waals surface area (Å²) in [4.78, 5) is 40.7. The van der Waals surface area contributed by atoms with E-state index in [-0.39, 0.29) is 23.0 Å². The maximum atomic E-state index is 12.2. The monoisotopic (exact) mass is 346 g/mol. The van der Waals surface area contributed by atoms with E-state index < -0.39 is 11.0 Å². The Hall–Kier alpha value is -2.94. The predicted molar refractivity (Wildman–Crippen MR) is 89.2 cm³/mol. The minimum absolute atomic E-state index is 0.00146. The number of fused-ring (bicyclic) bond motifs is 1. The number of rotatable bonds is 3. The van der Waals surface area contributed by atoms with Gasteiger partial charge in [0.05, 0.1) is 10.3 Å². The average molecular weight is 346 g/mol. The number of pyridine rings is 1. The molecule has 0 saturated carbocycles. The maximum Gasteiger partial charge on any atom is 0.453 e. The topological polar surface area (TPSA) is 98.0 Å². The minimum atomic E-state index is -0.594. The van der Waals surface area contributed by atoms with Crippen LogP contribution in [-0.4, -0.2) is 58.5 Å². The van der Waals surface area contributed by atoms with Gasteiger partial charge in [-0.3, -0.25) is 24.9 Å². The van der Waals surface area contributed by atoms with Crippen molar-refractivity contribution in [2.24, 2.45) is 0 Å². The van der Waals surface area contributed by atoms with Crippen LogP contribution in [0.15, 0.2) is 30.5 Å². The van der Waals surface area contributed by atoms with Crippen LogP contribution in [0.4, 0.5) is 10.5 Å². The van der Waals surface area contributed by atoms with Crippen LogP contribution in [0, 0.1) is 10.1 Å². The van der Waals surface area contributed by atoms with Crippen molar-refractivity contribution in [3.8, 4) is 5.75 Å². The van der Waals surface area contributed by atoms with Crippen molar-refractivity contribution in [1.29, 1.82) is 0 Å². The smallest absolute Gasteiger partial charge is 0.303 e. The Labute approximate surface area is 143 Å². The van der Waals surface area contributed by atoms with Gasteiger partial charge in [0.25, 0.3) is 5.69 Å². The normalized spacial score (nSPS) is 18.2. The van der Waals surface area contributed by atoms with Crippen LogP contribution in [0.25, 0.3) is 10.9 Å². The summed E-state index contributed by atoms with van der Waals surface area (Å²) in [6.45, 7) is 3.97. The average Bonchev–Trinajstić information content (AvgIpc) is 2.59. The first-order valence-electron chi connectivity index (χ1n) is 7.83. The molecule has 0 N–H and O–H groups in total. The number of likely N-dealkylation sites (N-methyl/N-ethyl adjacent to an activating group) is 1. The van der Waals surface area contributed by atoms with Gasteiger partial charge in [0, 0.05) is 37.9 Å². The molecule has 9 heteroatoms. The molecule has 1 unspecified atom stereocenters. The number of hydrogen-bond acceptors (Lipinski definition) is 7. The van der Waals surface area contributed by atoms with Crippen LogP contribution in [0.2, 0.25) is 0 Å². The van der Waals surface area contributed by atoms with Gasteiger partial charge in [-0.15, -0.1) is 0 Å². The molecule has 0 spiro atoms. The molecule has 0 radical (unpaired) electrons. The number of amides is 1. The van der Waals surface area contributed by atoms with E-state index in [1.165, 1.54) is 18.3 Å². The summed E-state index contributed by atoms with van der Waals surface area (Å²) < 4.78 is 0. The molecule has 1 saturated heterocycles. The Balaban J connectivity index is 1.77. The number of nitrogens with zero attached hydrogens (tertiary/aromatic N) is 4. The molecule has 0 bridgehead atoms. The van der Waals surface area contributed by atoms with E-state index >= 15 is 0 Å². The van der Waals surface area contributed by atoms with Crippen LogP contribution >= 0.6 is 0 Å².